The van der Waals surface area contributed by atoms with Gasteiger partial charge in [0.2, 0.25) is 0 Å². The summed E-state index contributed by atoms with van der Waals surface area (Å²) in [4.78, 5) is 13.9. The molecule has 1 aromatic rings. The second-order valence-corrected chi connectivity index (χ2v) is 3.21. The molecule has 0 fully saturated rings. The Morgan fingerprint density at radius 3 is 2.94 bits per heavy atom. The van der Waals surface area contributed by atoms with Gasteiger partial charge in [0, 0.05) is 10.5 Å². The van der Waals surface area contributed by atoms with Crippen molar-refractivity contribution in [1.82, 2.24) is 0 Å². The molecule has 86 valence electrons. The smallest absolute Gasteiger partial charge is 0.337 e. The third kappa shape index (κ3) is 3.56. The first-order chi connectivity index (χ1) is 8.19. The van der Waals surface area contributed by atoms with Crippen LogP contribution < -0.4 is 0 Å². The Kier molecular flexibility index (Phi) is 4.61. The molecule has 0 spiro atoms. The van der Waals surface area contributed by atoms with Crippen molar-refractivity contribution in [1.29, 1.82) is 0 Å². The molecular weight excluding hydrogens is 218 g/mol. The van der Waals surface area contributed by atoms with Crippen LogP contribution in [-0.2, 0) is 4.74 Å². The Hall–Kier alpha value is -2.44. The van der Waals surface area contributed by atoms with E-state index in [4.69, 9.17) is 5.53 Å². The molecule has 0 amide bonds. The van der Waals surface area contributed by atoms with Crippen LogP contribution in [0.3, 0.4) is 0 Å². The second-order valence-electron chi connectivity index (χ2n) is 3.21. The minimum atomic E-state index is -0.373. The van der Waals surface area contributed by atoms with Crippen LogP contribution in [-0.4, -0.2) is 19.6 Å². The van der Waals surface area contributed by atoms with E-state index < -0.39 is 0 Å². The first-order valence-corrected chi connectivity index (χ1v) is 4.87. The number of azide groups is 1. The van der Waals surface area contributed by atoms with E-state index in [1.807, 2.05) is 6.92 Å². The second kappa shape index (κ2) is 6.21. The Labute approximate surface area is 99.0 Å². The fourth-order valence-corrected chi connectivity index (χ4v) is 1.25. The molecule has 1 rings (SSSR count). The monoisotopic (exact) mass is 229 g/mol. The van der Waals surface area contributed by atoms with Gasteiger partial charge in [0.05, 0.1) is 19.2 Å². The van der Waals surface area contributed by atoms with Gasteiger partial charge >= 0.3 is 5.97 Å². The molecule has 5 heteroatoms. The molecular formula is C12H11N3O2. The lowest BCUT2D eigenvalue weighted by atomic mass is 10.1. The minimum absolute atomic E-state index is 0.134. The standard InChI is InChI=1S/C12H11N3O2/c1-9-8-11(12(16)17-2)6-5-10(9)4-3-7-14-15-13/h5-6,8H,7H2,1-2H3. The number of nitrogens with zero attached hydrogens (tertiary/aromatic N) is 3. The molecule has 0 atom stereocenters. The van der Waals surface area contributed by atoms with Crippen LogP contribution in [0.5, 0.6) is 0 Å². The number of esters is 1. The van der Waals surface area contributed by atoms with E-state index in [9.17, 15) is 4.79 Å². The molecule has 0 bridgehead atoms. The summed E-state index contributed by atoms with van der Waals surface area (Å²) in [7, 11) is 1.34. The van der Waals surface area contributed by atoms with Crippen molar-refractivity contribution in [3.63, 3.8) is 0 Å². The largest absolute Gasteiger partial charge is 0.465 e. The lowest BCUT2D eigenvalue weighted by Gasteiger charge is -2.02. The fraction of sp³-hybridized carbons (Fsp3) is 0.250. The average molecular weight is 229 g/mol. The van der Waals surface area contributed by atoms with Gasteiger partial charge in [0.25, 0.3) is 0 Å². The van der Waals surface area contributed by atoms with Crippen molar-refractivity contribution in [3.05, 3.63) is 45.3 Å². The van der Waals surface area contributed by atoms with E-state index >= 15 is 0 Å². The number of carbonyl (C=O) groups is 1. The molecule has 0 unspecified atom stereocenters. The molecule has 0 aliphatic carbocycles. The number of carbonyl (C=O) groups excluding carboxylic acids is 1. The highest BCUT2D eigenvalue weighted by molar-refractivity contribution is 5.89. The van der Waals surface area contributed by atoms with E-state index in [0.29, 0.717) is 5.56 Å². The molecule has 0 aliphatic rings. The van der Waals surface area contributed by atoms with Crippen LogP contribution in [0.1, 0.15) is 21.5 Å². The highest BCUT2D eigenvalue weighted by Crippen LogP contribution is 2.10. The van der Waals surface area contributed by atoms with Gasteiger partial charge in [-0.1, -0.05) is 17.0 Å². The molecule has 5 nitrogen and oxygen atoms in total. The van der Waals surface area contributed by atoms with E-state index in [1.165, 1.54) is 7.11 Å². The van der Waals surface area contributed by atoms with Gasteiger partial charge in [-0.05, 0) is 36.2 Å². The zero-order chi connectivity index (χ0) is 12.7. The quantitative estimate of drug-likeness (QED) is 0.257. The Morgan fingerprint density at radius 2 is 2.35 bits per heavy atom. The van der Waals surface area contributed by atoms with Crippen LogP contribution in [0.25, 0.3) is 10.4 Å². The minimum Gasteiger partial charge on any atom is -0.465 e. The lowest BCUT2D eigenvalue weighted by Crippen LogP contribution is -2.01. The third-order valence-corrected chi connectivity index (χ3v) is 2.08. The molecule has 0 aliphatic heterocycles. The summed E-state index contributed by atoms with van der Waals surface area (Å²) >= 11 is 0. The molecule has 0 radical (unpaired) electrons. The van der Waals surface area contributed by atoms with Gasteiger partial charge in [-0.25, -0.2) is 4.79 Å². The van der Waals surface area contributed by atoms with E-state index in [0.717, 1.165) is 11.1 Å². The summed E-state index contributed by atoms with van der Waals surface area (Å²) in [6.45, 7) is 1.98. The first-order valence-electron chi connectivity index (χ1n) is 4.87. The van der Waals surface area contributed by atoms with Crippen LogP contribution in [0.15, 0.2) is 23.3 Å². The Morgan fingerprint density at radius 1 is 1.59 bits per heavy atom. The maximum atomic E-state index is 11.3. The van der Waals surface area contributed by atoms with Gasteiger partial charge in [0.15, 0.2) is 0 Å². The maximum absolute atomic E-state index is 11.3. The Balaban J connectivity index is 2.92. The first kappa shape index (κ1) is 12.6. The van der Waals surface area contributed by atoms with Crippen molar-refractivity contribution in [2.45, 2.75) is 6.92 Å². The summed E-state index contributed by atoms with van der Waals surface area (Å²) in [5.74, 6) is 5.21. The van der Waals surface area contributed by atoms with Gasteiger partial charge in [-0.2, -0.15) is 0 Å². The third-order valence-electron chi connectivity index (χ3n) is 2.08. The molecule has 0 saturated carbocycles. The van der Waals surface area contributed by atoms with Gasteiger partial charge in [-0.3, -0.25) is 0 Å². The van der Waals surface area contributed by atoms with Crippen molar-refractivity contribution < 1.29 is 9.53 Å². The normalized spacial score (nSPS) is 8.59. The fourth-order valence-electron chi connectivity index (χ4n) is 1.25. The molecule has 0 saturated heterocycles. The molecule has 0 aromatic heterocycles. The van der Waals surface area contributed by atoms with Crippen molar-refractivity contribution in [2.24, 2.45) is 5.11 Å². The number of benzene rings is 1. The van der Waals surface area contributed by atoms with Gasteiger partial charge < -0.3 is 4.74 Å². The van der Waals surface area contributed by atoms with E-state index in [2.05, 4.69) is 26.6 Å². The Bertz CT molecular complexity index is 534. The lowest BCUT2D eigenvalue weighted by molar-refractivity contribution is 0.0600. The maximum Gasteiger partial charge on any atom is 0.337 e. The highest BCUT2D eigenvalue weighted by Gasteiger charge is 2.05. The molecule has 0 heterocycles. The van der Waals surface area contributed by atoms with Crippen LogP contribution in [0.4, 0.5) is 0 Å². The average Bonchev–Trinajstić information content (AvgIpc) is 2.35. The SMILES string of the molecule is COC(=O)c1ccc(C#CCN=[N+]=[N-])c(C)c1. The van der Waals surface area contributed by atoms with E-state index in [-0.39, 0.29) is 12.5 Å². The summed E-state index contributed by atoms with van der Waals surface area (Å²) in [5.41, 5.74) is 10.2. The van der Waals surface area contributed by atoms with Gasteiger partial charge in [0.1, 0.15) is 0 Å². The summed E-state index contributed by atoms with van der Waals surface area (Å²) in [5, 5.41) is 3.31. The number of aryl methyl sites for hydroxylation is 1. The highest BCUT2D eigenvalue weighted by atomic mass is 16.5. The summed E-state index contributed by atoms with van der Waals surface area (Å²) in [6, 6.07) is 5.10. The number of rotatable bonds is 2. The molecule has 17 heavy (non-hydrogen) atoms. The van der Waals surface area contributed by atoms with Crippen LogP contribution in [0.2, 0.25) is 0 Å². The van der Waals surface area contributed by atoms with Crippen molar-refractivity contribution in [2.75, 3.05) is 13.7 Å². The zero-order valence-corrected chi connectivity index (χ0v) is 9.60. The molecule has 0 N–H and O–H groups in total. The summed E-state index contributed by atoms with van der Waals surface area (Å²) in [6.07, 6.45) is 0. The van der Waals surface area contributed by atoms with Crippen LogP contribution in [0, 0.1) is 18.8 Å². The number of hydrogen-bond acceptors (Lipinski definition) is 3. The number of ether oxygens (including phenoxy) is 1. The molecule has 1 aromatic carbocycles. The predicted molar refractivity (Wildman–Crippen MR) is 63.4 cm³/mol. The van der Waals surface area contributed by atoms with E-state index in [1.54, 1.807) is 18.2 Å². The zero-order valence-electron chi connectivity index (χ0n) is 9.60. The van der Waals surface area contributed by atoms with Crippen LogP contribution >= 0.6 is 0 Å². The number of methoxy groups -OCH3 is 1. The topological polar surface area (TPSA) is 75.1 Å². The number of hydrogen-bond donors (Lipinski definition) is 0. The van der Waals surface area contributed by atoms with Crippen molar-refractivity contribution in [3.8, 4) is 11.8 Å². The van der Waals surface area contributed by atoms with Gasteiger partial charge in [-0.15, -0.1) is 0 Å². The summed E-state index contributed by atoms with van der Waals surface area (Å²) < 4.78 is 4.61. The van der Waals surface area contributed by atoms with Crippen molar-refractivity contribution >= 4 is 5.97 Å². The predicted octanol–water partition coefficient (Wildman–Crippen LogP) is 2.44.